The van der Waals surface area contributed by atoms with E-state index in [0.717, 1.165) is 10.7 Å². The first-order valence-corrected chi connectivity index (χ1v) is 8.26. The predicted molar refractivity (Wildman–Crippen MR) is 93.8 cm³/mol. The van der Waals surface area contributed by atoms with Crippen LogP contribution in [0.3, 0.4) is 0 Å². The Bertz CT molecular complexity index is 491. The summed E-state index contributed by atoms with van der Waals surface area (Å²) in [6.45, 7) is 1.88. The van der Waals surface area contributed by atoms with Gasteiger partial charge in [0.1, 0.15) is 6.54 Å². The number of carboxylic acid groups (broad SMARTS) is 1. The first-order valence-electron chi connectivity index (χ1n) is 5.02. The van der Waals surface area contributed by atoms with Crippen LogP contribution < -0.4 is 0 Å². The molecule has 1 N–H and O–H groups in total. The summed E-state index contributed by atoms with van der Waals surface area (Å²) in [5.41, 5.74) is 0.565. The number of carbonyl (C=O) groups is 2. The van der Waals surface area contributed by atoms with Crippen LogP contribution in [-0.2, 0) is 4.79 Å². The second-order valence-corrected chi connectivity index (χ2v) is 6.95. The van der Waals surface area contributed by atoms with Crippen LogP contribution in [0, 0.1) is 10.7 Å². The molecular formula is C11H10I3NO3. The lowest BCUT2D eigenvalue weighted by Crippen LogP contribution is -2.36. The summed E-state index contributed by atoms with van der Waals surface area (Å²) in [5, 5.41) is 8.79. The Morgan fingerprint density at radius 1 is 1.28 bits per heavy atom. The van der Waals surface area contributed by atoms with Gasteiger partial charge in [-0.3, -0.25) is 9.59 Å². The van der Waals surface area contributed by atoms with Gasteiger partial charge in [0.25, 0.3) is 5.91 Å². The third-order valence-corrected chi connectivity index (χ3v) is 5.89. The van der Waals surface area contributed by atoms with E-state index in [1.54, 1.807) is 13.0 Å². The van der Waals surface area contributed by atoms with E-state index in [0.29, 0.717) is 12.1 Å². The SMILES string of the molecule is CCN(CC(=O)O)C(=O)c1cc(I)cc(I)c1I. The lowest BCUT2D eigenvalue weighted by atomic mass is 10.2. The number of hydrogen-bond donors (Lipinski definition) is 1. The molecule has 4 nitrogen and oxygen atoms in total. The van der Waals surface area contributed by atoms with E-state index in [1.165, 1.54) is 4.90 Å². The highest BCUT2D eigenvalue weighted by molar-refractivity contribution is 14.1. The molecule has 7 heteroatoms. The van der Waals surface area contributed by atoms with Crippen molar-refractivity contribution in [2.45, 2.75) is 6.92 Å². The largest absolute Gasteiger partial charge is 0.480 e. The van der Waals surface area contributed by atoms with Crippen molar-refractivity contribution in [1.29, 1.82) is 0 Å². The Morgan fingerprint density at radius 2 is 1.89 bits per heavy atom. The van der Waals surface area contributed by atoms with Crippen molar-refractivity contribution < 1.29 is 14.7 Å². The molecule has 0 aliphatic rings. The molecule has 0 radical (unpaired) electrons. The zero-order valence-corrected chi connectivity index (χ0v) is 15.9. The van der Waals surface area contributed by atoms with Gasteiger partial charge in [-0.2, -0.15) is 0 Å². The van der Waals surface area contributed by atoms with E-state index in [4.69, 9.17) is 5.11 Å². The summed E-state index contributed by atoms with van der Waals surface area (Å²) in [4.78, 5) is 24.3. The molecular weight excluding hydrogens is 575 g/mol. The van der Waals surface area contributed by atoms with Gasteiger partial charge in [0.15, 0.2) is 0 Å². The number of carbonyl (C=O) groups excluding carboxylic acids is 1. The summed E-state index contributed by atoms with van der Waals surface area (Å²) in [7, 11) is 0. The Kier molecular flexibility index (Phi) is 6.58. The van der Waals surface area contributed by atoms with E-state index >= 15 is 0 Å². The summed E-state index contributed by atoms with van der Waals surface area (Å²) >= 11 is 6.43. The average molecular weight is 585 g/mol. The van der Waals surface area contributed by atoms with Gasteiger partial charge in [0.05, 0.1) is 5.56 Å². The summed E-state index contributed by atoms with van der Waals surface area (Å²) in [5.74, 6) is -1.23. The fraction of sp³-hybridized carbons (Fsp3) is 0.273. The van der Waals surface area contributed by atoms with Crippen LogP contribution >= 0.6 is 67.8 Å². The molecule has 0 saturated heterocycles. The highest BCUT2D eigenvalue weighted by Gasteiger charge is 2.20. The van der Waals surface area contributed by atoms with Crippen molar-refractivity contribution in [2.75, 3.05) is 13.1 Å². The monoisotopic (exact) mass is 585 g/mol. The quantitative estimate of drug-likeness (QED) is 0.437. The number of nitrogens with zero attached hydrogens (tertiary/aromatic N) is 1. The van der Waals surface area contributed by atoms with Crippen molar-refractivity contribution in [3.05, 3.63) is 28.4 Å². The van der Waals surface area contributed by atoms with Gasteiger partial charge in [-0.1, -0.05) is 0 Å². The first-order chi connectivity index (χ1) is 8.36. The molecule has 0 saturated carbocycles. The summed E-state index contributed by atoms with van der Waals surface area (Å²) in [6.07, 6.45) is 0. The molecule has 0 fully saturated rings. The molecule has 98 valence electrons. The van der Waals surface area contributed by atoms with Gasteiger partial charge in [0.2, 0.25) is 0 Å². The van der Waals surface area contributed by atoms with E-state index in [2.05, 4.69) is 67.8 Å². The highest BCUT2D eigenvalue weighted by Crippen LogP contribution is 2.24. The number of halogens is 3. The van der Waals surface area contributed by atoms with Crippen LogP contribution in [0.2, 0.25) is 0 Å². The van der Waals surface area contributed by atoms with E-state index in [9.17, 15) is 9.59 Å². The molecule has 1 amide bonds. The smallest absolute Gasteiger partial charge is 0.323 e. The lowest BCUT2D eigenvalue weighted by molar-refractivity contribution is -0.137. The molecule has 1 aromatic carbocycles. The molecule has 0 aliphatic carbocycles. The summed E-state index contributed by atoms with van der Waals surface area (Å²) in [6, 6.07) is 3.77. The molecule has 0 unspecified atom stereocenters. The van der Waals surface area contributed by atoms with Crippen molar-refractivity contribution in [3.63, 3.8) is 0 Å². The average Bonchev–Trinajstić information content (AvgIpc) is 2.29. The number of benzene rings is 1. The number of likely N-dealkylation sites (N-methyl/N-ethyl adjacent to an activating group) is 1. The predicted octanol–water partition coefficient (Wildman–Crippen LogP) is 3.05. The molecule has 0 heterocycles. The first kappa shape index (κ1) is 16.4. The maximum absolute atomic E-state index is 12.3. The number of carboxylic acids is 1. The molecule has 1 rings (SSSR count). The van der Waals surface area contributed by atoms with Crippen LogP contribution in [0.5, 0.6) is 0 Å². The van der Waals surface area contributed by atoms with Crippen molar-refractivity contribution in [1.82, 2.24) is 4.90 Å². The van der Waals surface area contributed by atoms with Crippen LogP contribution in [0.25, 0.3) is 0 Å². The molecule has 1 aromatic rings. The minimum Gasteiger partial charge on any atom is -0.480 e. The maximum Gasteiger partial charge on any atom is 0.323 e. The van der Waals surface area contributed by atoms with Crippen LogP contribution in [0.15, 0.2) is 12.1 Å². The fourth-order valence-electron chi connectivity index (χ4n) is 1.37. The Hall–Kier alpha value is 0.350. The van der Waals surface area contributed by atoms with Gasteiger partial charge in [-0.15, -0.1) is 0 Å². The zero-order valence-electron chi connectivity index (χ0n) is 9.41. The van der Waals surface area contributed by atoms with Gasteiger partial charge in [0, 0.05) is 17.3 Å². The van der Waals surface area contributed by atoms with E-state index in [-0.39, 0.29) is 12.5 Å². The Balaban J connectivity index is 3.12. The standard InChI is InChI=1S/C11H10I3NO3/c1-2-15(5-9(16)17)11(18)7-3-6(12)4-8(13)10(7)14/h3-4H,2,5H2,1H3,(H,16,17). The van der Waals surface area contributed by atoms with Gasteiger partial charge >= 0.3 is 5.97 Å². The number of aliphatic carboxylic acids is 1. The minimum absolute atomic E-state index is 0.235. The normalized spacial score (nSPS) is 10.2. The van der Waals surface area contributed by atoms with Crippen LogP contribution in [0.4, 0.5) is 0 Å². The fourth-order valence-corrected chi connectivity index (χ4v) is 3.76. The highest BCUT2D eigenvalue weighted by atomic mass is 127. The molecule has 0 spiro atoms. The van der Waals surface area contributed by atoms with Gasteiger partial charge in [-0.25, -0.2) is 0 Å². The zero-order chi connectivity index (χ0) is 13.9. The minimum atomic E-state index is -1.000. The maximum atomic E-state index is 12.3. The number of amides is 1. The molecule has 0 aromatic heterocycles. The summed E-state index contributed by atoms with van der Waals surface area (Å²) < 4.78 is 2.82. The number of rotatable bonds is 4. The van der Waals surface area contributed by atoms with E-state index in [1.807, 2.05) is 6.07 Å². The second-order valence-electron chi connectivity index (χ2n) is 3.46. The molecule has 0 aliphatic heterocycles. The topological polar surface area (TPSA) is 57.6 Å². The van der Waals surface area contributed by atoms with Crippen LogP contribution in [-0.4, -0.2) is 35.0 Å². The third kappa shape index (κ3) is 4.18. The second kappa shape index (κ2) is 7.22. The van der Waals surface area contributed by atoms with Crippen LogP contribution in [0.1, 0.15) is 17.3 Å². The lowest BCUT2D eigenvalue weighted by Gasteiger charge is -2.19. The van der Waals surface area contributed by atoms with Crippen molar-refractivity contribution in [2.24, 2.45) is 0 Å². The van der Waals surface area contributed by atoms with E-state index < -0.39 is 5.97 Å². The Morgan fingerprint density at radius 3 is 2.39 bits per heavy atom. The molecule has 18 heavy (non-hydrogen) atoms. The number of hydrogen-bond acceptors (Lipinski definition) is 2. The van der Waals surface area contributed by atoms with Gasteiger partial charge in [-0.05, 0) is 86.8 Å². The third-order valence-electron chi connectivity index (χ3n) is 2.22. The Labute approximate surface area is 146 Å². The van der Waals surface area contributed by atoms with Gasteiger partial charge < -0.3 is 10.0 Å². The van der Waals surface area contributed by atoms with Crippen molar-refractivity contribution >= 4 is 79.6 Å². The van der Waals surface area contributed by atoms with Crippen molar-refractivity contribution in [3.8, 4) is 0 Å². The molecule has 0 bridgehead atoms. The molecule has 0 atom stereocenters.